The summed E-state index contributed by atoms with van der Waals surface area (Å²) in [4.78, 5) is 2.28. The molecule has 168 valence electrons. The number of ether oxygens (including phenoxy) is 1. The molecule has 0 aromatic heterocycles. The highest BCUT2D eigenvalue weighted by molar-refractivity contribution is 5.31. The van der Waals surface area contributed by atoms with Crippen LogP contribution in [-0.2, 0) is 18.8 Å². The van der Waals surface area contributed by atoms with Crippen molar-refractivity contribution >= 4 is 0 Å². The average Bonchev–Trinajstić information content (AvgIpc) is 2.84. The summed E-state index contributed by atoms with van der Waals surface area (Å²) in [6, 6.07) is 28.9. The monoisotopic (exact) mass is 429 g/mol. The molecule has 3 nitrogen and oxygen atoms in total. The summed E-state index contributed by atoms with van der Waals surface area (Å²) >= 11 is 0. The molecule has 1 atom stereocenters. The summed E-state index contributed by atoms with van der Waals surface area (Å²) in [5.41, 5.74) is 2.54. The highest BCUT2D eigenvalue weighted by Crippen LogP contribution is 2.37. The van der Waals surface area contributed by atoms with Gasteiger partial charge in [-0.25, -0.2) is 0 Å². The van der Waals surface area contributed by atoms with Crippen LogP contribution in [0.3, 0.4) is 0 Å². The molecule has 0 saturated carbocycles. The van der Waals surface area contributed by atoms with Crippen molar-refractivity contribution in [1.29, 1.82) is 0 Å². The van der Waals surface area contributed by atoms with E-state index in [0.29, 0.717) is 12.5 Å². The maximum absolute atomic E-state index is 11.8. The average molecular weight is 430 g/mol. The molecule has 0 bridgehead atoms. The fraction of sp³-hybridized carbons (Fsp3) is 0.379. The van der Waals surface area contributed by atoms with Gasteiger partial charge in [0.1, 0.15) is 18.1 Å². The van der Waals surface area contributed by atoms with Crippen LogP contribution in [0.5, 0.6) is 5.75 Å². The van der Waals surface area contributed by atoms with Crippen molar-refractivity contribution < 1.29 is 9.84 Å². The molecule has 3 aromatic rings. The minimum absolute atomic E-state index is 0.0873. The number of nitrogens with zero attached hydrogens (tertiary/aromatic N) is 1. The van der Waals surface area contributed by atoms with Crippen molar-refractivity contribution in [2.45, 2.75) is 45.4 Å². The second-order valence-corrected chi connectivity index (χ2v) is 9.30. The molecule has 1 aliphatic rings. The first kappa shape index (κ1) is 22.6. The third-order valence-electron chi connectivity index (χ3n) is 6.80. The Hall–Kier alpha value is -2.62. The maximum atomic E-state index is 11.8. The molecule has 0 spiro atoms. The van der Waals surface area contributed by atoms with Crippen LogP contribution in [0.2, 0.25) is 0 Å². The first-order chi connectivity index (χ1) is 15.6. The maximum Gasteiger partial charge on any atom is 0.146 e. The number of hydrogen-bond donors (Lipinski definition) is 1. The molecule has 3 aromatic carbocycles. The number of piperidine rings is 1. The van der Waals surface area contributed by atoms with E-state index in [-0.39, 0.29) is 5.92 Å². The molecule has 0 unspecified atom stereocenters. The van der Waals surface area contributed by atoms with E-state index >= 15 is 0 Å². The van der Waals surface area contributed by atoms with E-state index < -0.39 is 5.72 Å². The molecule has 0 radical (unpaired) electrons. The SMILES string of the molecule is CC(C)[C@@](O)(c1ccc(OCc2ccccc2)cc1)N1CCC(Cc2ccccc2)CC1. The van der Waals surface area contributed by atoms with Crippen molar-refractivity contribution in [3.8, 4) is 5.75 Å². The van der Waals surface area contributed by atoms with Gasteiger partial charge >= 0.3 is 0 Å². The van der Waals surface area contributed by atoms with Gasteiger partial charge in [0.15, 0.2) is 0 Å². The Balaban J connectivity index is 1.39. The summed E-state index contributed by atoms with van der Waals surface area (Å²) in [7, 11) is 0. The highest BCUT2D eigenvalue weighted by Gasteiger charge is 2.41. The normalized spacial score (nSPS) is 17.2. The zero-order chi connectivity index (χ0) is 22.4. The van der Waals surface area contributed by atoms with Gasteiger partial charge in [0.2, 0.25) is 0 Å². The Kier molecular flexibility index (Phi) is 7.29. The predicted molar refractivity (Wildman–Crippen MR) is 130 cm³/mol. The molecule has 1 heterocycles. The summed E-state index contributed by atoms with van der Waals surface area (Å²) in [6.07, 6.45) is 3.35. The van der Waals surface area contributed by atoms with Crippen LogP contribution in [-0.4, -0.2) is 23.1 Å². The van der Waals surface area contributed by atoms with Gasteiger partial charge in [-0.1, -0.05) is 86.6 Å². The zero-order valence-corrected chi connectivity index (χ0v) is 19.3. The van der Waals surface area contributed by atoms with E-state index in [1.807, 2.05) is 42.5 Å². The van der Waals surface area contributed by atoms with Crippen molar-refractivity contribution in [2.75, 3.05) is 13.1 Å². The van der Waals surface area contributed by atoms with Gasteiger partial charge in [-0.15, -0.1) is 0 Å². The number of aliphatic hydroxyl groups is 1. The summed E-state index contributed by atoms with van der Waals surface area (Å²) in [5.74, 6) is 1.59. The lowest BCUT2D eigenvalue weighted by atomic mass is 9.84. The number of hydrogen-bond acceptors (Lipinski definition) is 3. The molecule has 32 heavy (non-hydrogen) atoms. The van der Waals surface area contributed by atoms with E-state index in [9.17, 15) is 5.11 Å². The molecule has 0 aliphatic carbocycles. The fourth-order valence-corrected chi connectivity index (χ4v) is 4.84. The van der Waals surface area contributed by atoms with Crippen LogP contribution in [0.4, 0.5) is 0 Å². The Bertz CT molecular complexity index is 947. The predicted octanol–water partition coefficient (Wildman–Crippen LogP) is 6.02. The molecule has 3 heteroatoms. The van der Waals surface area contributed by atoms with Crippen LogP contribution < -0.4 is 4.74 Å². The van der Waals surface area contributed by atoms with Crippen molar-refractivity contribution in [2.24, 2.45) is 11.8 Å². The molecule has 1 N–H and O–H groups in total. The minimum Gasteiger partial charge on any atom is -0.489 e. The summed E-state index contributed by atoms with van der Waals surface area (Å²) in [6.45, 7) is 6.59. The first-order valence-electron chi connectivity index (χ1n) is 11.8. The highest BCUT2D eigenvalue weighted by atomic mass is 16.5. The third kappa shape index (κ3) is 5.23. The second-order valence-electron chi connectivity index (χ2n) is 9.30. The molecule has 1 fully saturated rings. The van der Waals surface area contributed by atoms with Crippen LogP contribution in [0, 0.1) is 11.8 Å². The molecule has 1 saturated heterocycles. The third-order valence-corrected chi connectivity index (χ3v) is 6.80. The van der Waals surface area contributed by atoms with Gasteiger partial charge in [-0.05, 0) is 54.0 Å². The second kappa shape index (κ2) is 10.3. The van der Waals surface area contributed by atoms with E-state index in [1.54, 1.807) is 0 Å². The van der Waals surface area contributed by atoms with Crippen LogP contribution >= 0.6 is 0 Å². The Morgan fingerprint density at radius 2 is 1.41 bits per heavy atom. The Morgan fingerprint density at radius 1 is 0.844 bits per heavy atom. The van der Waals surface area contributed by atoms with Crippen LogP contribution in [0.25, 0.3) is 0 Å². The van der Waals surface area contributed by atoms with Gasteiger partial charge in [-0.3, -0.25) is 4.90 Å². The van der Waals surface area contributed by atoms with Crippen molar-refractivity contribution in [3.05, 3.63) is 102 Å². The number of benzene rings is 3. The first-order valence-corrected chi connectivity index (χ1v) is 11.8. The van der Waals surface area contributed by atoms with Gasteiger partial charge < -0.3 is 9.84 Å². The van der Waals surface area contributed by atoms with Gasteiger partial charge in [0.05, 0.1) is 0 Å². The van der Waals surface area contributed by atoms with Crippen molar-refractivity contribution in [3.63, 3.8) is 0 Å². The Morgan fingerprint density at radius 3 is 1.97 bits per heavy atom. The summed E-state index contributed by atoms with van der Waals surface area (Å²) < 4.78 is 5.94. The van der Waals surface area contributed by atoms with Gasteiger partial charge in [0.25, 0.3) is 0 Å². The van der Waals surface area contributed by atoms with E-state index in [0.717, 1.165) is 49.2 Å². The molecule has 1 aliphatic heterocycles. The van der Waals surface area contributed by atoms with Crippen LogP contribution in [0.15, 0.2) is 84.9 Å². The smallest absolute Gasteiger partial charge is 0.146 e. The molecular weight excluding hydrogens is 394 g/mol. The van der Waals surface area contributed by atoms with E-state index in [4.69, 9.17) is 4.74 Å². The fourth-order valence-electron chi connectivity index (χ4n) is 4.84. The largest absolute Gasteiger partial charge is 0.489 e. The van der Waals surface area contributed by atoms with E-state index in [1.165, 1.54) is 5.56 Å². The Labute approximate surface area is 192 Å². The van der Waals surface area contributed by atoms with Gasteiger partial charge in [-0.2, -0.15) is 0 Å². The van der Waals surface area contributed by atoms with Crippen LogP contribution in [0.1, 0.15) is 43.4 Å². The lowest BCUT2D eigenvalue weighted by molar-refractivity contribution is -0.160. The number of likely N-dealkylation sites (tertiary alicyclic amines) is 1. The number of rotatable bonds is 8. The minimum atomic E-state index is -0.963. The lowest BCUT2D eigenvalue weighted by Crippen LogP contribution is -2.53. The lowest BCUT2D eigenvalue weighted by Gasteiger charge is -2.46. The van der Waals surface area contributed by atoms with Gasteiger partial charge in [0, 0.05) is 19.0 Å². The quantitative estimate of drug-likeness (QED) is 0.475. The summed E-state index contributed by atoms with van der Waals surface area (Å²) in [5, 5.41) is 11.8. The van der Waals surface area contributed by atoms with Crippen molar-refractivity contribution in [1.82, 2.24) is 4.90 Å². The molecule has 0 amide bonds. The zero-order valence-electron chi connectivity index (χ0n) is 19.3. The van der Waals surface area contributed by atoms with E-state index in [2.05, 4.69) is 61.2 Å². The topological polar surface area (TPSA) is 32.7 Å². The molecule has 4 rings (SSSR count). The molecular formula is C29H35NO2. The standard InChI is InChI=1S/C29H35NO2/c1-23(2)29(31,30-19-17-25(18-20-30)21-24-9-5-3-6-10-24)27-13-15-28(16-14-27)32-22-26-11-7-4-8-12-26/h3-16,23,25,31H,17-22H2,1-2H3/t29-/m1/s1.